The van der Waals surface area contributed by atoms with Crippen LogP contribution in [0.1, 0.15) is 0 Å². The van der Waals surface area contributed by atoms with E-state index >= 15 is 0 Å². The molecule has 0 saturated carbocycles. The molecule has 1 aromatic carbocycles. The summed E-state index contributed by atoms with van der Waals surface area (Å²) in [6.45, 7) is 0. The fraction of sp³-hybridized carbons (Fsp3) is 0.0909. The van der Waals surface area contributed by atoms with Crippen molar-refractivity contribution in [2.45, 2.75) is 9.92 Å². The minimum atomic E-state index is -0.356. The maximum absolute atomic E-state index is 10.8. The predicted molar refractivity (Wildman–Crippen MR) is 62.6 cm³/mol. The number of aryl methyl sites for hydroxylation is 1. The van der Waals surface area contributed by atoms with Crippen LogP contribution in [0.15, 0.2) is 52.5 Å². The van der Waals surface area contributed by atoms with Crippen LogP contribution >= 0.6 is 11.8 Å². The Labute approximate surface area is 97.0 Å². The number of nitrogens with zero attached hydrogens (tertiary/aromatic N) is 2. The van der Waals surface area contributed by atoms with Gasteiger partial charge in [0.05, 0.1) is 14.8 Å². The highest BCUT2D eigenvalue weighted by molar-refractivity contribution is 7.99. The number of nitro groups is 1. The molecule has 0 unspecified atom stereocenters. The zero-order valence-electron chi connectivity index (χ0n) is 8.66. The summed E-state index contributed by atoms with van der Waals surface area (Å²) in [5.74, 6) is 0. The molecule has 16 heavy (non-hydrogen) atoms. The molecule has 2 rings (SSSR count). The van der Waals surface area contributed by atoms with E-state index in [0.717, 1.165) is 5.03 Å². The molecule has 0 aliphatic carbocycles. The van der Waals surface area contributed by atoms with E-state index in [2.05, 4.69) is 0 Å². The van der Waals surface area contributed by atoms with Gasteiger partial charge < -0.3 is 4.57 Å². The van der Waals surface area contributed by atoms with Crippen LogP contribution < -0.4 is 0 Å². The van der Waals surface area contributed by atoms with E-state index in [4.69, 9.17) is 0 Å². The maximum atomic E-state index is 10.8. The zero-order chi connectivity index (χ0) is 11.5. The van der Waals surface area contributed by atoms with Crippen LogP contribution in [0.2, 0.25) is 0 Å². The number of hydrogen-bond acceptors (Lipinski definition) is 3. The summed E-state index contributed by atoms with van der Waals surface area (Å²) < 4.78 is 1.93. The average molecular weight is 234 g/mol. The Morgan fingerprint density at radius 2 is 2.00 bits per heavy atom. The maximum Gasteiger partial charge on any atom is 0.283 e. The van der Waals surface area contributed by atoms with Gasteiger partial charge in [-0.25, -0.2) is 0 Å². The number of rotatable bonds is 3. The highest BCUT2D eigenvalue weighted by atomic mass is 32.2. The summed E-state index contributed by atoms with van der Waals surface area (Å²) in [7, 11) is 1.91. The zero-order valence-corrected chi connectivity index (χ0v) is 9.48. The lowest BCUT2D eigenvalue weighted by atomic mass is 10.3. The van der Waals surface area contributed by atoms with E-state index in [1.54, 1.807) is 18.2 Å². The molecule has 0 N–H and O–H groups in total. The Hall–Kier alpha value is -1.75. The first-order valence-corrected chi connectivity index (χ1v) is 5.53. The molecule has 82 valence electrons. The van der Waals surface area contributed by atoms with Crippen molar-refractivity contribution in [1.82, 2.24) is 4.57 Å². The van der Waals surface area contributed by atoms with Crippen LogP contribution in [-0.4, -0.2) is 9.49 Å². The normalized spacial score (nSPS) is 10.3. The third-order valence-corrected chi connectivity index (χ3v) is 3.37. The van der Waals surface area contributed by atoms with Crippen LogP contribution in [0.3, 0.4) is 0 Å². The van der Waals surface area contributed by atoms with Crippen LogP contribution in [0, 0.1) is 10.1 Å². The van der Waals surface area contributed by atoms with Gasteiger partial charge in [0.25, 0.3) is 5.69 Å². The third-order valence-electron chi connectivity index (χ3n) is 2.17. The molecule has 0 amide bonds. The summed E-state index contributed by atoms with van der Waals surface area (Å²) in [4.78, 5) is 11.1. The second kappa shape index (κ2) is 4.40. The third kappa shape index (κ3) is 2.09. The Morgan fingerprint density at radius 1 is 1.25 bits per heavy atom. The monoisotopic (exact) mass is 234 g/mol. The fourth-order valence-electron chi connectivity index (χ4n) is 1.36. The molecule has 0 aliphatic rings. The van der Waals surface area contributed by atoms with Crippen LogP contribution in [-0.2, 0) is 7.05 Å². The lowest BCUT2D eigenvalue weighted by Gasteiger charge is -2.03. The van der Waals surface area contributed by atoms with Gasteiger partial charge >= 0.3 is 0 Å². The summed E-state index contributed by atoms with van der Waals surface area (Å²) in [5.41, 5.74) is 0.147. The Balaban J connectivity index is 2.35. The first-order chi connectivity index (χ1) is 7.68. The smallest absolute Gasteiger partial charge is 0.283 e. The molecule has 0 fully saturated rings. The second-order valence-corrected chi connectivity index (χ2v) is 4.35. The molecule has 2 aromatic rings. The lowest BCUT2D eigenvalue weighted by Crippen LogP contribution is -1.91. The topological polar surface area (TPSA) is 48.1 Å². The molecule has 1 aromatic heterocycles. The standard InChI is InChI=1S/C11H10N2O2S/c1-12-8-4-7-11(12)16-10-6-3-2-5-9(10)13(14)15/h2-8H,1H3. The van der Waals surface area contributed by atoms with Crippen molar-refractivity contribution in [2.75, 3.05) is 0 Å². The molecule has 0 radical (unpaired) electrons. The molecule has 0 bridgehead atoms. The second-order valence-electron chi connectivity index (χ2n) is 3.28. The largest absolute Gasteiger partial charge is 0.346 e. The number of benzene rings is 1. The number of nitro benzene ring substituents is 1. The van der Waals surface area contributed by atoms with Gasteiger partial charge in [0, 0.05) is 19.3 Å². The van der Waals surface area contributed by atoms with Gasteiger partial charge in [-0.15, -0.1) is 0 Å². The van der Waals surface area contributed by atoms with Crippen molar-refractivity contribution in [1.29, 1.82) is 0 Å². The quantitative estimate of drug-likeness (QED) is 0.605. The lowest BCUT2D eigenvalue weighted by molar-refractivity contribution is -0.387. The van der Waals surface area contributed by atoms with Crippen LogP contribution in [0.4, 0.5) is 5.69 Å². The molecule has 5 heteroatoms. The Morgan fingerprint density at radius 3 is 2.62 bits per heavy atom. The van der Waals surface area contributed by atoms with Crippen LogP contribution in [0.5, 0.6) is 0 Å². The first-order valence-electron chi connectivity index (χ1n) is 4.71. The van der Waals surface area contributed by atoms with E-state index in [0.29, 0.717) is 4.90 Å². The molecule has 1 heterocycles. The molecule has 0 saturated heterocycles. The number of aromatic nitrogens is 1. The Kier molecular flexibility index (Phi) is 2.96. The highest BCUT2D eigenvalue weighted by Gasteiger charge is 2.14. The van der Waals surface area contributed by atoms with Crippen molar-refractivity contribution in [2.24, 2.45) is 7.05 Å². The molecular formula is C11H10N2O2S. The summed E-state index contributed by atoms with van der Waals surface area (Å²) in [6, 6.07) is 10.6. The van der Waals surface area contributed by atoms with E-state index < -0.39 is 0 Å². The van der Waals surface area contributed by atoms with Crippen molar-refractivity contribution < 1.29 is 4.92 Å². The predicted octanol–water partition coefficient (Wildman–Crippen LogP) is 3.08. The van der Waals surface area contributed by atoms with Gasteiger partial charge in [-0.2, -0.15) is 0 Å². The van der Waals surface area contributed by atoms with Crippen molar-refractivity contribution in [3.63, 3.8) is 0 Å². The molecule has 0 atom stereocenters. The minimum Gasteiger partial charge on any atom is -0.346 e. The van der Waals surface area contributed by atoms with Crippen molar-refractivity contribution >= 4 is 17.4 Å². The van der Waals surface area contributed by atoms with Crippen LogP contribution in [0.25, 0.3) is 0 Å². The Bertz CT molecular complexity index is 522. The van der Waals surface area contributed by atoms with Gasteiger partial charge in [-0.3, -0.25) is 10.1 Å². The molecule has 4 nitrogen and oxygen atoms in total. The number of hydrogen-bond donors (Lipinski definition) is 0. The molecule has 0 aliphatic heterocycles. The van der Waals surface area contributed by atoms with E-state index in [9.17, 15) is 10.1 Å². The minimum absolute atomic E-state index is 0.147. The fourth-order valence-corrected chi connectivity index (χ4v) is 2.33. The highest BCUT2D eigenvalue weighted by Crippen LogP contribution is 2.34. The first kappa shape index (κ1) is 10.8. The van der Waals surface area contributed by atoms with Gasteiger partial charge in [0.2, 0.25) is 0 Å². The molecule has 0 spiro atoms. The van der Waals surface area contributed by atoms with E-state index in [-0.39, 0.29) is 10.6 Å². The van der Waals surface area contributed by atoms with E-state index in [1.807, 2.05) is 29.9 Å². The summed E-state index contributed by atoms with van der Waals surface area (Å²) in [5, 5.41) is 11.8. The van der Waals surface area contributed by atoms with Gasteiger partial charge in [-0.05, 0) is 18.2 Å². The van der Waals surface area contributed by atoms with Crippen molar-refractivity contribution in [3.05, 3.63) is 52.7 Å². The van der Waals surface area contributed by atoms with Gasteiger partial charge in [0.15, 0.2) is 0 Å². The van der Waals surface area contributed by atoms with E-state index in [1.165, 1.54) is 17.8 Å². The summed E-state index contributed by atoms with van der Waals surface area (Å²) >= 11 is 1.40. The molecular weight excluding hydrogens is 224 g/mol. The summed E-state index contributed by atoms with van der Waals surface area (Å²) in [6.07, 6.45) is 1.91. The van der Waals surface area contributed by atoms with Gasteiger partial charge in [-0.1, -0.05) is 23.9 Å². The SMILES string of the molecule is Cn1cccc1Sc1ccccc1[N+](=O)[O-]. The van der Waals surface area contributed by atoms with Gasteiger partial charge in [0.1, 0.15) is 0 Å². The average Bonchev–Trinajstić information content (AvgIpc) is 2.65. The number of para-hydroxylation sites is 1. The van der Waals surface area contributed by atoms with Crippen molar-refractivity contribution in [3.8, 4) is 0 Å².